The molecule has 32 heavy (non-hydrogen) atoms. The van der Waals surface area contributed by atoms with Crippen molar-refractivity contribution in [1.82, 2.24) is 9.78 Å². The number of non-ortho nitro benzene ring substituents is 1. The number of nitro groups is 1. The number of anilines is 1. The molecule has 1 N–H and O–H groups in total. The van der Waals surface area contributed by atoms with Crippen LogP contribution < -0.4 is 14.8 Å². The fraction of sp³-hybridized carbons (Fsp3) is 0.190. The van der Waals surface area contributed by atoms with Gasteiger partial charge in [0.2, 0.25) is 0 Å². The van der Waals surface area contributed by atoms with E-state index < -0.39 is 16.8 Å². The van der Waals surface area contributed by atoms with E-state index in [9.17, 15) is 19.7 Å². The van der Waals surface area contributed by atoms with Crippen molar-refractivity contribution in [2.75, 3.05) is 19.0 Å². The normalized spacial score (nSPS) is 10.3. The molecule has 1 amide bonds. The van der Waals surface area contributed by atoms with Gasteiger partial charge in [0.1, 0.15) is 22.9 Å². The molecular weight excluding hydrogens is 420 g/mol. The van der Waals surface area contributed by atoms with Crippen LogP contribution in [0.4, 0.5) is 11.4 Å². The van der Waals surface area contributed by atoms with E-state index in [4.69, 9.17) is 14.2 Å². The van der Waals surface area contributed by atoms with E-state index in [0.717, 1.165) is 0 Å². The van der Waals surface area contributed by atoms with Crippen molar-refractivity contribution in [2.45, 2.75) is 6.92 Å². The van der Waals surface area contributed by atoms with Crippen LogP contribution >= 0.6 is 0 Å². The van der Waals surface area contributed by atoms with Gasteiger partial charge in [0.05, 0.1) is 30.4 Å². The van der Waals surface area contributed by atoms with Gasteiger partial charge in [0, 0.05) is 25.2 Å². The van der Waals surface area contributed by atoms with E-state index in [2.05, 4.69) is 10.4 Å². The molecule has 0 saturated heterocycles. The smallest absolute Gasteiger partial charge is 0.356 e. The highest BCUT2D eigenvalue weighted by Gasteiger charge is 2.20. The summed E-state index contributed by atoms with van der Waals surface area (Å²) >= 11 is 0. The number of rotatable bonds is 8. The van der Waals surface area contributed by atoms with Gasteiger partial charge in [0.15, 0.2) is 5.69 Å². The zero-order valence-corrected chi connectivity index (χ0v) is 17.5. The summed E-state index contributed by atoms with van der Waals surface area (Å²) in [5.41, 5.74) is -0.116. The van der Waals surface area contributed by atoms with E-state index in [1.807, 2.05) is 0 Å². The number of hydrogen-bond acceptors (Lipinski definition) is 8. The molecule has 0 aliphatic heterocycles. The first kappa shape index (κ1) is 22.3. The van der Waals surface area contributed by atoms with Crippen molar-refractivity contribution in [3.63, 3.8) is 0 Å². The minimum atomic E-state index is -0.660. The van der Waals surface area contributed by atoms with Crippen molar-refractivity contribution in [3.05, 3.63) is 70.0 Å². The molecule has 1 aromatic heterocycles. The summed E-state index contributed by atoms with van der Waals surface area (Å²) in [6.45, 7) is 1.84. The second kappa shape index (κ2) is 9.60. The molecule has 1 heterocycles. The molecule has 2 aromatic carbocycles. The molecule has 0 bridgehead atoms. The molecule has 0 spiro atoms. The predicted octanol–water partition coefficient (Wildman–Crippen LogP) is 3.56. The van der Waals surface area contributed by atoms with Crippen LogP contribution in [0.3, 0.4) is 0 Å². The Morgan fingerprint density at radius 1 is 1.09 bits per heavy atom. The highest BCUT2D eigenvalue weighted by molar-refractivity contribution is 6.04. The van der Waals surface area contributed by atoms with Gasteiger partial charge in [-0.2, -0.15) is 5.10 Å². The maximum atomic E-state index is 12.6. The number of nitrogens with one attached hydrogen (secondary N) is 1. The number of carbonyl (C=O) groups excluding carboxylic acids is 2. The Labute approximate surface area is 182 Å². The van der Waals surface area contributed by atoms with Gasteiger partial charge in [-0.1, -0.05) is 0 Å². The Hall–Kier alpha value is -4.41. The van der Waals surface area contributed by atoms with Crippen molar-refractivity contribution in [1.29, 1.82) is 0 Å². The topological polar surface area (TPSA) is 135 Å². The molecule has 166 valence electrons. The van der Waals surface area contributed by atoms with Crippen molar-refractivity contribution >= 4 is 23.3 Å². The van der Waals surface area contributed by atoms with Crippen LogP contribution in [-0.2, 0) is 11.8 Å². The summed E-state index contributed by atoms with van der Waals surface area (Å²) < 4.78 is 16.9. The molecule has 3 aromatic rings. The van der Waals surface area contributed by atoms with Gasteiger partial charge < -0.3 is 19.5 Å². The summed E-state index contributed by atoms with van der Waals surface area (Å²) in [7, 11) is 3.03. The Kier molecular flexibility index (Phi) is 6.68. The number of aryl methyl sites for hydroxylation is 1. The number of benzene rings is 2. The zero-order valence-electron chi connectivity index (χ0n) is 17.5. The van der Waals surface area contributed by atoms with Crippen LogP contribution in [0.1, 0.15) is 27.9 Å². The molecule has 0 unspecified atom stereocenters. The Morgan fingerprint density at radius 2 is 1.78 bits per heavy atom. The van der Waals surface area contributed by atoms with Crippen LogP contribution in [0.5, 0.6) is 17.2 Å². The standard InChI is InChI=1S/C21H20N4O7/c1-4-31-21(27)19-12-18(23-24(19)2)20(26)22-13-9-14(25(28)29)11-17(10-13)32-16-7-5-15(30-3)6-8-16/h5-12H,4H2,1-3H3,(H,22,26). The first-order valence-electron chi connectivity index (χ1n) is 9.44. The number of nitro benzene ring substituents is 1. The summed E-state index contributed by atoms with van der Waals surface area (Å²) in [5.74, 6) is -0.0821. The predicted molar refractivity (Wildman–Crippen MR) is 113 cm³/mol. The van der Waals surface area contributed by atoms with E-state index in [0.29, 0.717) is 11.5 Å². The third-order valence-corrected chi connectivity index (χ3v) is 4.25. The summed E-state index contributed by atoms with van der Waals surface area (Å²) in [6, 6.07) is 11.8. The number of ether oxygens (including phenoxy) is 3. The number of nitrogens with zero attached hydrogens (tertiary/aromatic N) is 3. The van der Waals surface area contributed by atoms with Gasteiger partial charge in [-0.3, -0.25) is 19.6 Å². The number of hydrogen-bond donors (Lipinski definition) is 1. The summed E-state index contributed by atoms with van der Waals surface area (Å²) in [5, 5.41) is 17.9. The number of amides is 1. The number of methoxy groups -OCH3 is 1. The molecule has 0 saturated carbocycles. The van der Waals surface area contributed by atoms with Gasteiger partial charge in [-0.25, -0.2) is 4.79 Å². The lowest BCUT2D eigenvalue weighted by atomic mass is 10.2. The fourth-order valence-corrected chi connectivity index (χ4v) is 2.77. The van der Waals surface area contributed by atoms with Crippen molar-refractivity contribution in [3.8, 4) is 17.2 Å². The van der Waals surface area contributed by atoms with Gasteiger partial charge in [0.25, 0.3) is 11.6 Å². The largest absolute Gasteiger partial charge is 0.497 e. The first-order valence-corrected chi connectivity index (χ1v) is 9.44. The van der Waals surface area contributed by atoms with E-state index in [-0.39, 0.29) is 35.1 Å². The first-order chi connectivity index (χ1) is 15.3. The lowest BCUT2D eigenvalue weighted by Crippen LogP contribution is -2.13. The molecular formula is C21H20N4O7. The monoisotopic (exact) mass is 440 g/mol. The molecule has 11 heteroatoms. The number of aromatic nitrogens is 2. The molecule has 0 aliphatic rings. The maximum Gasteiger partial charge on any atom is 0.356 e. The number of esters is 1. The second-order valence-corrected chi connectivity index (χ2v) is 6.46. The van der Waals surface area contributed by atoms with Gasteiger partial charge in [-0.05, 0) is 31.2 Å². The maximum absolute atomic E-state index is 12.6. The van der Waals surface area contributed by atoms with Crippen molar-refractivity contribution in [2.24, 2.45) is 7.05 Å². The quantitative estimate of drug-likeness (QED) is 0.319. The average molecular weight is 440 g/mol. The van der Waals surface area contributed by atoms with Gasteiger partial charge in [-0.15, -0.1) is 0 Å². The van der Waals surface area contributed by atoms with Gasteiger partial charge >= 0.3 is 5.97 Å². The minimum absolute atomic E-state index is 0.0559. The van der Waals surface area contributed by atoms with E-state index in [1.165, 1.54) is 43.1 Å². The zero-order chi connectivity index (χ0) is 23.3. The highest BCUT2D eigenvalue weighted by atomic mass is 16.6. The SMILES string of the molecule is CCOC(=O)c1cc(C(=O)Nc2cc(Oc3ccc(OC)cc3)cc([N+](=O)[O-])c2)nn1C. The van der Waals surface area contributed by atoms with Crippen LogP contribution in [0.15, 0.2) is 48.5 Å². The van der Waals surface area contributed by atoms with E-state index in [1.54, 1.807) is 31.2 Å². The Bertz CT molecular complexity index is 1160. The minimum Gasteiger partial charge on any atom is -0.497 e. The lowest BCUT2D eigenvalue weighted by Gasteiger charge is -2.09. The lowest BCUT2D eigenvalue weighted by molar-refractivity contribution is -0.384. The third kappa shape index (κ3) is 5.19. The van der Waals surface area contributed by atoms with Crippen LogP contribution in [0.2, 0.25) is 0 Å². The van der Waals surface area contributed by atoms with E-state index >= 15 is 0 Å². The second-order valence-electron chi connectivity index (χ2n) is 6.46. The molecule has 0 aliphatic carbocycles. The highest BCUT2D eigenvalue weighted by Crippen LogP contribution is 2.30. The molecule has 0 fully saturated rings. The van der Waals surface area contributed by atoms with Crippen LogP contribution in [0.25, 0.3) is 0 Å². The molecule has 0 atom stereocenters. The average Bonchev–Trinajstić information content (AvgIpc) is 3.16. The summed E-state index contributed by atoms with van der Waals surface area (Å²) in [4.78, 5) is 35.3. The molecule has 0 radical (unpaired) electrons. The third-order valence-electron chi connectivity index (χ3n) is 4.25. The summed E-state index contributed by atoms with van der Waals surface area (Å²) in [6.07, 6.45) is 0. The molecule has 11 nitrogen and oxygen atoms in total. The molecule has 3 rings (SSSR count). The van der Waals surface area contributed by atoms with Crippen molar-refractivity contribution < 1.29 is 28.7 Å². The van der Waals surface area contributed by atoms with Crippen LogP contribution in [0, 0.1) is 10.1 Å². The number of carbonyl (C=O) groups is 2. The fourth-order valence-electron chi connectivity index (χ4n) is 2.77. The Morgan fingerprint density at radius 3 is 2.41 bits per heavy atom. The Balaban J connectivity index is 1.84. The van der Waals surface area contributed by atoms with Crippen LogP contribution in [-0.4, -0.2) is 40.3 Å².